The highest BCUT2D eigenvalue weighted by atomic mass is 14.1. The molecular formula is C12H24. The van der Waals surface area contributed by atoms with Crippen LogP contribution in [0.5, 0.6) is 0 Å². The minimum absolute atomic E-state index is 0.661. The number of unbranched alkanes of at least 4 members (excludes halogenated alkanes) is 1. The van der Waals surface area contributed by atoms with Crippen LogP contribution in [0.4, 0.5) is 0 Å². The average Bonchev–Trinajstić information content (AvgIpc) is 2.00. The maximum Gasteiger partial charge on any atom is -0.0263 e. The molecule has 0 radical (unpaired) electrons. The fraction of sp³-hybridized carbons (Fsp3) is 0.833. The summed E-state index contributed by atoms with van der Waals surface area (Å²) in [5.41, 5.74) is 1.42. The van der Waals surface area contributed by atoms with Crippen LogP contribution in [0.3, 0.4) is 0 Å². The lowest BCUT2D eigenvalue weighted by atomic mass is 9.91. The van der Waals surface area contributed by atoms with Gasteiger partial charge in [-0.05, 0) is 18.3 Å². The molecule has 0 heterocycles. The van der Waals surface area contributed by atoms with Gasteiger partial charge in [-0.3, -0.25) is 0 Å². The maximum atomic E-state index is 4.10. The van der Waals surface area contributed by atoms with Gasteiger partial charge in [0, 0.05) is 0 Å². The molecule has 0 bridgehead atoms. The van der Waals surface area contributed by atoms with E-state index in [-0.39, 0.29) is 0 Å². The van der Waals surface area contributed by atoms with Crippen molar-refractivity contribution in [2.24, 2.45) is 11.8 Å². The van der Waals surface area contributed by atoms with Gasteiger partial charge in [0.15, 0.2) is 0 Å². The van der Waals surface area contributed by atoms with Crippen LogP contribution in [0.25, 0.3) is 0 Å². The molecule has 0 N–H and O–H groups in total. The molecule has 1 atom stereocenters. The lowest BCUT2D eigenvalue weighted by Crippen LogP contribution is -2.00. The largest absolute Gasteiger partial charge is 0.0996 e. The van der Waals surface area contributed by atoms with Gasteiger partial charge in [0.05, 0.1) is 0 Å². The molecule has 0 rings (SSSR count). The Kier molecular flexibility index (Phi) is 6.14. The number of hydrogen-bond donors (Lipinski definition) is 0. The molecule has 0 aromatic heterocycles. The summed E-state index contributed by atoms with van der Waals surface area (Å²) in [5.74, 6) is 1.49. The van der Waals surface area contributed by atoms with Crippen molar-refractivity contribution < 1.29 is 0 Å². The van der Waals surface area contributed by atoms with E-state index >= 15 is 0 Å². The molecule has 0 heteroatoms. The average molecular weight is 168 g/mol. The second-order valence-electron chi connectivity index (χ2n) is 4.26. The fourth-order valence-electron chi connectivity index (χ4n) is 1.34. The standard InChI is InChI=1S/C12H24/c1-6-7-8-11(4)9-12(5)10(2)3/h10-11H,5-9H2,1-4H3. The SMILES string of the molecule is C=C(CC(C)CCCC)C(C)C. The first-order chi connectivity index (χ1) is 5.57. The molecule has 12 heavy (non-hydrogen) atoms. The minimum Gasteiger partial charge on any atom is -0.0996 e. The van der Waals surface area contributed by atoms with Crippen LogP contribution in [0.2, 0.25) is 0 Å². The van der Waals surface area contributed by atoms with Gasteiger partial charge < -0.3 is 0 Å². The third kappa shape index (κ3) is 5.40. The molecule has 72 valence electrons. The molecule has 0 spiro atoms. The second kappa shape index (κ2) is 6.28. The first kappa shape index (κ1) is 11.7. The summed E-state index contributed by atoms with van der Waals surface area (Å²) in [7, 11) is 0. The van der Waals surface area contributed by atoms with Gasteiger partial charge in [-0.15, -0.1) is 0 Å². The Bertz CT molecular complexity index is 122. The van der Waals surface area contributed by atoms with Crippen LogP contribution >= 0.6 is 0 Å². The number of allylic oxidation sites excluding steroid dienone is 1. The molecule has 0 fully saturated rings. The van der Waals surface area contributed by atoms with Crippen molar-refractivity contribution in [2.75, 3.05) is 0 Å². The first-order valence-electron chi connectivity index (χ1n) is 5.25. The van der Waals surface area contributed by atoms with E-state index in [1.807, 2.05) is 0 Å². The van der Waals surface area contributed by atoms with E-state index in [1.54, 1.807) is 0 Å². The van der Waals surface area contributed by atoms with Crippen LogP contribution in [0.15, 0.2) is 12.2 Å². The summed E-state index contributed by atoms with van der Waals surface area (Å²) in [6, 6.07) is 0. The zero-order valence-corrected chi connectivity index (χ0v) is 9.19. The van der Waals surface area contributed by atoms with Crippen molar-refractivity contribution in [3.05, 3.63) is 12.2 Å². The Morgan fingerprint density at radius 3 is 2.25 bits per heavy atom. The molecule has 0 saturated heterocycles. The third-order valence-corrected chi connectivity index (χ3v) is 2.48. The van der Waals surface area contributed by atoms with Crippen molar-refractivity contribution in [1.82, 2.24) is 0 Å². The Hall–Kier alpha value is -0.260. The lowest BCUT2D eigenvalue weighted by molar-refractivity contribution is 0.484. The number of hydrogen-bond acceptors (Lipinski definition) is 0. The van der Waals surface area contributed by atoms with E-state index in [0.717, 1.165) is 5.92 Å². The summed E-state index contributed by atoms with van der Waals surface area (Å²) >= 11 is 0. The third-order valence-electron chi connectivity index (χ3n) is 2.48. The van der Waals surface area contributed by atoms with E-state index in [2.05, 4.69) is 34.3 Å². The van der Waals surface area contributed by atoms with Gasteiger partial charge >= 0.3 is 0 Å². The van der Waals surface area contributed by atoms with Crippen LogP contribution in [-0.2, 0) is 0 Å². The Morgan fingerprint density at radius 2 is 1.83 bits per heavy atom. The summed E-state index contributed by atoms with van der Waals surface area (Å²) in [5, 5.41) is 0. The molecule has 0 aromatic rings. The van der Waals surface area contributed by atoms with Gasteiger partial charge in [0.2, 0.25) is 0 Å². The smallest absolute Gasteiger partial charge is 0.0263 e. The van der Waals surface area contributed by atoms with Gasteiger partial charge in [-0.25, -0.2) is 0 Å². The highest BCUT2D eigenvalue weighted by Gasteiger charge is 2.06. The molecule has 0 aliphatic carbocycles. The van der Waals surface area contributed by atoms with E-state index in [1.165, 1.54) is 31.3 Å². The van der Waals surface area contributed by atoms with Crippen molar-refractivity contribution in [3.8, 4) is 0 Å². The van der Waals surface area contributed by atoms with E-state index in [0.29, 0.717) is 5.92 Å². The minimum atomic E-state index is 0.661. The second-order valence-corrected chi connectivity index (χ2v) is 4.26. The highest BCUT2D eigenvalue weighted by molar-refractivity contribution is 4.98. The van der Waals surface area contributed by atoms with Crippen molar-refractivity contribution >= 4 is 0 Å². The Balaban J connectivity index is 3.54. The molecule has 0 nitrogen and oxygen atoms in total. The van der Waals surface area contributed by atoms with Crippen LogP contribution in [0.1, 0.15) is 53.4 Å². The summed E-state index contributed by atoms with van der Waals surface area (Å²) < 4.78 is 0. The van der Waals surface area contributed by atoms with Gasteiger partial charge in [-0.2, -0.15) is 0 Å². The van der Waals surface area contributed by atoms with Crippen molar-refractivity contribution in [2.45, 2.75) is 53.4 Å². The molecule has 0 aliphatic rings. The van der Waals surface area contributed by atoms with Gasteiger partial charge in [0.1, 0.15) is 0 Å². The van der Waals surface area contributed by atoms with Crippen LogP contribution < -0.4 is 0 Å². The maximum absolute atomic E-state index is 4.10. The Labute approximate surface area is 78.1 Å². The normalized spacial score (nSPS) is 13.4. The van der Waals surface area contributed by atoms with Crippen LogP contribution in [0, 0.1) is 11.8 Å². The van der Waals surface area contributed by atoms with Crippen molar-refractivity contribution in [3.63, 3.8) is 0 Å². The molecule has 0 aromatic carbocycles. The van der Waals surface area contributed by atoms with E-state index in [4.69, 9.17) is 0 Å². The predicted octanol–water partition coefficient (Wildman–Crippen LogP) is 4.42. The molecular weight excluding hydrogens is 144 g/mol. The summed E-state index contributed by atoms with van der Waals surface area (Å²) in [6.07, 6.45) is 5.27. The van der Waals surface area contributed by atoms with Gasteiger partial charge in [-0.1, -0.05) is 59.1 Å². The molecule has 1 unspecified atom stereocenters. The monoisotopic (exact) mass is 168 g/mol. The summed E-state index contributed by atoms with van der Waals surface area (Å²) in [6.45, 7) is 13.2. The first-order valence-corrected chi connectivity index (χ1v) is 5.25. The van der Waals surface area contributed by atoms with Crippen LogP contribution in [-0.4, -0.2) is 0 Å². The lowest BCUT2D eigenvalue weighted by Gasteiger charge is -2.15. The zero-order valence-electron chi connectivity index (χ0n) is 9.19. The van der Waals surface area contributed by atoms with E-state index < -0.39 is 0 Å². The molecule has 0 saturated carbocycles. The van der Waals surface area contributed by atoms with Gasteiger partial charge in [0.25, 0.3) is 0 Å². The topological polar surface area (TPSA) is 0 Å². The molecule has 0 aliphatic heterocycles. The highest BCUT2D eigenvalue weighted by Crippen LogP contribution is 2.20. The summed E-state index contributed by atoms with van der Waals surface area (Å²) in [4.78, 5) is 0. The zero-order chi connectivity index (χ0) is 9.56. The predicted molar refractivity (Wildman–Crippen MR) is 57.3 cm³/mol. The van der Waals surface area contributed by atoms with Crippen molar-refractivity contribution in [1.29, 1.82) is 0 Å². The fourth-order valence-corrected chi connectivity index (χ4v) is 1.34. The number of rotatable bonds is 6. The molecule has 0 amide bonds. The quantitative estimate of drug-likeness (QED) is 0.515. The van der Waals surface area contributed by atoms with E-state index in [9.17, 15) is 0 Å². The Morgan fingerprint density at radius 1 is 1.25 bits per heavy atom.